The molecule has 0 fully saturated rings. The standard InChI is InChI=1S/C30H46FO3P/c1-18(21-14-19(27(2,3)4)16-23(25(21)32)29(8,9)10)22-15-20(28(5,6)7)17-24(30(11,12)13)26(22)34-35(31)33/h14-18,32-33H,1-13H3. The van der Waals surface area contributed by atoms with Crippen LogP contribution in [0.3, 0.4) is 0 Å². The van der Waals surface area contributed by atoms with Crippen molar-refractivity contribution in [3.05, 3.63) is 57.6 Å². The molecule has 2 rings (SSSR count). The highest BCUT2D eigenvalue weighted by atomic mass is 31.2. The van der Waals surface area contributed by atoms with Crippen LogP contribution in [0.4, 0.5) is 4.20 Å². The van der Waals surface area contributed by atoms with E-state index in [9.17, 15) is 14.2 Å². The molecule has 3 nitrogen and oxygen atoms in total. The van der Waals surface area contributed by atoms with Crippen LogP contribution in [0.5, 0.6) is 11.5 Å². The molecule has 2 aromatic rings. The summed E-state index contributed by atoms with van der Waals surface area (Å²) in [7, 11) is -3.11. The lowest BCUT2D eigenvalue weighted by atomic mass is 9.74. The van der Waals surface area contributed by atoms with Crippen LogP contribution in [0.15, 0.2) is 24.3 Å². The van der Waals surface area contributed by atoms with Crippen molar-refractivity contribution in [1.29, 1.82) is 0 Å². The highest BCUT2D eigenvalue weighted by Crippen LogP contribution is 2.50. The van der Waals surface area contributed by atoms with Gasteiger partial charge in [0.25, 0.3) is 0 Å². The molecule has 196 valence electrons. The van der Waals surface area contributed by atoms with Crippen molar-refractivity contribution in [2.75, 3.05) is 0 Å². The average Bonchev–Trinajstić information content (AvgIpc) is 2.63. The van der Waals surface area contributed by atoms with Gasteiger partial charge in [-0.1, -0.05) is 114 Å². The van der Waals surface area contributed by atoms with Gasteiger partial charge in [-0.2, -0.15) is 0 Å². The Morgan fingerprint density at radius 3 is 1.46 bits per heavy atom. The maximum atomic E-state index is 14.0. The second-order valence-electron chi connectivity index (χ2n) is 13.9. The Morgan fingerprint density at radius 1 is 0.686 bits per heavy atom. The van der Waals surface area contributed by atoms with Crippen molar-refractivity contribution in [2.45, 2.75) is 118 Å². The third kappa shape index (κ3) is 6.77. The molecule has 0 saturated heterocycles. The second-order valence-corrected chi connectivity index (χ2v) is 14.6. The van der Waals surface area contributed by atoms with E-state index in [1.807, 2.05) is 13.0 Å². The predicted molar refractivity (Wildman–Crippen MR) is 148 cm³/mol. The topological polar surface area (TPSA) is 49.7 Å². The van der Waals surface area contributed by atoms with Gasteiger partial charge in [0.2, 0.25) is 0 Å². The SMILES string of the molecule is CC(c1cc(C(C)(C)C)cc(C(C)(C)C)c1O)c1cc(C(C)(C)C)cc(C(C)(C)C)c1OP(O)F. The summed E-state index contributed by atoms with van der Waals surface area (Å²) in [5.74, 6) is 0.327. The number of phenolic OH excluding ortho intramolecular Hbond substituents is 1. The molecular weight excluding hydrogens is 458 g/mol. The zero-order valence-corrected chi connectivity index (χ0v) is 24.9. The maximum absolute atomic E-state index is 14.0. The first kappa shape index (κ1) is 29.6. The van der Waals surface area contributed by atoms with Crippen LogP contribution in [0.2, 0.25) is 0 Å². The molecule has 0 aromatic heterocycles. The summed E-state index contributed by atoms with van der Waals surface area (Å²) in [6.07, 6.45) is 0. The molecule has 0 spiro atoms. The fourth-order valence-electron chi connectivity index (χ4n) is 4.30. The van der Waals surface area contributed by atoms with Gasteiger partial charge in [-0.3, -0.25) is 0 Å². The quantitative estimate of drug-likeness (QED) is 0.408. The van der Waals surface area contributed by atoms with Gasteiger partial charge >= 0.3 is 8.69 Å². The fraction of sp³-hybridized carbons (Fsp3) is 0.600. The lowest BCUT2D eigenvalue weighted by Gasteiger charge is -2.32. The molecule has 2 atom stereocenters. The van der Waals surface area contributed by atoms with Gasteiger partial charge in [0.1, 0.15) is 11.5 Å². The highest BCUT2D eigenvalue weighted by Gasteiger charge is 2.32. The summed E-state index contributed by atoms with van der Waals surface area (Å²) >= 11 is 0. The van der Waals surface area contributed by atoms with E-state index in [1.165, 1.54) is 0 Å². The molecule has 0 amide bonds. The Balaban J connectivity index is 2.99. The van der Waals surface area contributed by atoms with E-state index in [2.05, 4.69) is 101 Å². The predicted octanol–water partition coefficient (Wildman–Crippen LogP) is 9.30. The summed E-state index contributed by atoms with van der Waals surface area (Å²) in [5, 5.41) is 11.5. The van der Waals surface area contributed by atoms with E-state index >= 15 is 0 Å². The van der Waals surface area contributed by atoms with Crippen LogP contribution >= 0.6 is 8.69 Å². The van der Waals surface area contributed by atoms with Crippen molar-refractivity contribution in [3.8, 4) is 11.5 Å². The number of benzene rings is 2. The van der Waals surface area contributed by atoms with Gasteiger partial charge in [-0.05, 0) is 38.4 Å². The molecule has 2 unspecified atom stereocenters. The minimum absolute atomic E-state index is 0.121. The smallest absolute Gasteiger partial charge is 0.436 e. The van der Waals surface area contributed by atoms with Gasteiger partial charge < -0.3 is 14.5 Å². The van der Waals surface area contributed by atoms with Crippen molar-refractivity contribution in [2.24, 2.45) is 0 Å². The Bertz CT molecular complexity index is 1060. The number of halogens is 1. The Hall–Kier alpha value is -1.64. The van der Waals surface area contributed by atoms with Crippen LogP contribution in [0, 0.1) is 0 Å². The first-order chi connectivity index (χ1) is 15.5. The van der Waals surface area contributed by atoms with Crippen molar-refractivity contribution in [3.63, 3.8) is 0 Å². The fourth-order valence-corrected chi connectivity index (χ4v) is 4.65. The molecule has 0 aliphatic rings. The summed E-state index contributed by atoms with van der Waals surface area (Å²) in [6, 6.07) is 8.28. The van der Waals surface area contributed by atoms with Crippen molar-refractivity contribution >= 4 is 8.69 Å². The van der Waals surface area contributed by atoms with E-state index in [0.717, 1.165) is 33.4 Å². The Labute approximate surface area is 214 Å². The van der Waals surface area contributed by atoms with Crippen LogP contribution in [-0.2, 0) is 21.7 Å². The number of rotatable bonds is 4. The molecule has 2 aromatic carbocycles. The van der Waals surface area contributed by atoms with E-state index in [-0.39, 0.29) is 33.3 Å². The molecule has 2 N–H and O–H groups in total. The van der Waals surface area contributed by atoms with Crippen LogP contribution in [0.25, 0.3) is 0 Å². The third-order valence-electron chi connectivity index (χ3n) is 6.70. The van der Waals surface area contributed by atoms with Crippen molar-refractivity contribution < 1.29 is 18.7 Å². The van der Waals surface area contributed by atoms with Gasteiger partial charge in [-0.15, -0.1) is 4.20 Å². The van der Waals surface area contributed by atoms with Crippen LogP contribution in [-0.4, -0.2) is 10.00 Å². The molecule has 0 radical (unpaired) electrons. The number of hydrogen-bond donors (Lipinski definition) is 2. The summed E-state index contributed by atoms with van der Waals surface area (Å²) < 4.78 is 19.5. The monoisotopic (exact) mass is 504 g/mol. The van der Waals surface area contributed by atoms with E-state index < -0.39 is 8.69 Å². The summed E-state index contributed by atoms with van der Waals surface area (Å²) in [5.41, 5.74) is 4.61. The molecule has 0 bridgehead atoms. The molecular formula is C30H46FO3P. The van der Waals surface area contributed by atoms with Crippen molar-refractivity contribution in [1.82, 2.24) is 0 Å². The molecule has 35 heavy (non-hydrogen) atoms. The summed E-state index contributed by atoms with van der Waals surface area (Å²) in [6.45, 7) is 27.4. The van der Waals surface area contributed by atoms with Gasteiger partial charge in [0.15, 0.2) is 0 Å². The zero-order chi connectivity index (χ0) is 27.3. The first-order valence-corrected chi connectivity index (χ1v) is 13.5. The van der Waals surface area contributed by atoms with Crippen LogP contribution in [0.1, 0.15) is 129 Å². The number of aromatic hydroxyl groups is 1. The maximum Gasteiger partial charge on any atom is 0.436 e. The number of hydrogen-bond acceptors (Lipinski definition) is 3. The van der Waals surface area contributed by atoms with E-state index in [0.29, 0.717) is 5.75 Å². The lowest BCUT2D eigenvalue weighted by molar-refractivity contribution is 0.417. The lowest BCUT2D eigenvalue weighted by Crippen LogP contribution is -2.20. The molecule has 5 heteroatoms. The Morgan fingerprint density at radius 2 is 1.09 bits per heavy atom. The molecule has 0 aliphatic carbocycles. The minimum atomic E-state index is -3.11. The van der Waals surface area contributed by atoms with Gasteiger partial charge in [-0.25, -0.2) is 0 Å². The van der Waals surface area contributed by atoms with Crippen LogP contribution < -0.4 is 4.52 Å². The average molecular weight is 505 g/mol. The number of phenols is 1. The second kappa shape index (κ2) is 9.67. The van der Waals surface area contributed by atoms with Gasteiger partial charge in [0, 0.05) is 22.6 Å². The van der Waals surface area contributed by atoms with E-state index in [1.54, 1.807) is 0 Å². The normalized spacial score (nSPS) is 15.2. The van der Waals surface area contributed by atoms with Gasteiger partial charge in [0.05, 0.1) is 0 Å². The molecule has 0 heterocycles. The zero-order valence-electron chi connectivity index (χ0n) is 24.0. The molecule has 0 saturated carbocycles. The molecule has 0 aliphatic heterocycles. The Kier molecular flexibility index (Phi) is 8.18. The largest absolute Gasteiger partial charge is 0.507 e. The highest BCUT2D eigenvalue weighted by molar-refractivity contribution is 7.40. The first-order valence-electron chi connectivity index (χ1n) is 12.4. The minimum Gasteiger partial charge on any atom is -0.507 e. The van der Waals surface area contributed by atoms with E-state index in [4.69, 9.17) is 4.52 Å². The third-order valence-corrected chi connectivity index (χ3v) is 7.04. The summed E-state index contributed by atoms with van der Waals surface area (Å²) in [4.78, 5) is 9.68.